The Labute approximate surface area is 93.5 Å². The van der Waals surface area contributed by atoms with Crippen LogP contribution in [0.2, 0.25) is 0 Å². The molecule has 0 aliphatic rings. The van der Waals surface area contributed by atoms with Crippen molar-refractivity contribution in [1.29, 1.82) is 0 Å². The predicted octanol–water partition coefficient (Wildman–Crippen LogP) is 3.93. The molecule has 1 nitrogen and oxygen atoms in total. The Bertz CT molecular complexity index is 272. The molecule has 0 saturated carbocycles. The summed E-state index contributed by atoms with van der Waals surface area (Å²) >= 11 is 0. The minimum absolute atomic E-state index is 0.284. The zero-order chi connectivity index (χ0) is 11.7. The van der Waals surface area contributed by atoms with E-state index in [2.05, 4.69) is 31.2 Å². The van der Waals surface area contributed by atoms with Crippen molar-refractivity contribution >= 4 is 5.78 Å². The van der Waals surface area contributed by atoms with Crippen molar-refractivity contribution < 1.29 is 4.79 Å². The molecule has 84 valence electrons. The molecule has 1 rings (SSSR count). The third-order valence-corrected chi connectivity index (χ3v) is 2.11. The van der Waals surface area contributed by atoms with Crippen LogP contribution in [0, 0.1) is 6.92 Å². The maximum absolute atomic E-state index is 10.7. The van der Waals surface area contributed by atoms with Crippen LogP contribution in [-0.2, 0) is 11.2 Å². The standard InChI is InChI=1S/C12H16O.C2H6/c1-10-6-8-12(9-7-10)5-3-4-11(2)13;1-2/h6-9H,3-5H2,1-2H3;1-2H3. The van der Waals surface area contributed by atoms with Gasteiger partial charge in [-0.3, -0.25) is 0 Å². The maximum atomic E-state index is 10.7. The van der Waals surface area contributed by atoms with Gasteiger partial charge in [0.15, 0.2) is 0 Å². The number of aryl methyl sites for hydroxylation is 2. The Morgan fingerprint density at radius 2 is 1.67 bits per heavy atom. The monoisotopic (exact) mass is 206 g/mol. The molecule has 1 heteroatoms. The Morgan fingerprint density at radius 3 is 2.13 bits per heavy atom. The van der Waals surface area contributed by atoms with Gasteiger partial charge in [0.1, 0.15) is 5.78 Å². The fourth-order valence-electron chi connectivity index (χ4n) is 1.30. The first-order valence-corrected chi connectivity index (χ1v) is 5.73. The van der Waals surface area contributed by atoms with Crippen molar-refractivity contribution in [2.24, 2.45) is 0 Å². The number of carbonyl (C=O) groups excluding carboxylic acids is 1. The molecule has 15 heavy (non-hydrogen) atoms. The van der Waals surface area contributed by atoms with Crippen molar-refractivity contribution in [3.63, 3.8) is 0 Å². The van der Waals surface area contributed by atoms with E-state index in [-0.39, 0.29) is 5.78 Å². The van der Waals surface area contributed by atoms with Gasteiger partial charge < -0.3 is 4.79 Å². The first-order valence-electron chi connectivity index (χ1n) is 5.73. The summed E-state index contributed by atoms with van der Waals surface area (Å²) in [5.74, 6) is 0.284. The van der Waals surface area contributed by atoms with Gasteiger partial charge in [-0.05, 0) is 32.3 Å². The van der Waals surface area contributed by atoms with E-state index in [0.29, 0.717) is 6.42 Å². The summed E-state index contributed by atoms with van der Waals surface area (Å²) in [5, 5.41) is 0. The van der Waals surface area contributed by atoms with Crippen LogP contribution >= 0.6 is 0 Å². The van der Waals surface area contributed by atoms with Gasteiger partial charge in [-0.25, -0.2) is 0 Å². The first-order chi connectivity index (χ1) is 7.18. The lowest BCUT2D eigenvalue weighted by atomic mass is 10.1. The molecule has 0 fully saturated rings. The summed E-state index contributed by atoms with van der Waals surface area (Å²) in [6.45, 7) is 7.73. The molecule has 0 atom stereocenters. The predicted molar refractivity (Wildman–Crippen MR) is 66.1 cm³/mol. The highest BCUT2D eigenvalue weighted by atomic mass is 16.1. The van der Waals surface area contributed by atoms with Gasteiger partial charge in [-0.2, -0.15) is 0 Å². The number of hydrogen-bond acceptors (Lipinski definition) is 1. The van der Waals surface area contributed by atoms with E-state index in [1.54, 1.807) is 6.92 Å². The normalized spacial score (nSPS) is 9.07. The van der Waals surface area contributed by atoms with E-state index in [4.69, 9.17) is 0 Å². The molecule has 0 N–H and O–H groups in total. The zero-order valence-electron chi connectivity index (χ0n) is 10.3. The highest BCUT2D eigenvalue weighted by Crippen LogP contribution is 2.07. The van der Waals surface area contributed by atoms with Crippen LogP contribution in [0.1, 0.15) is 44.7 Å². The Balaban J connectivity index is 0.000000921. The van der Waals surface area contributed by atoms with Crippen LogP contribution in [0.25, 0.3) is 0 Å². The van der Waals surface area contributed by atoms with Gasteiger partial charge in [0.05, 0.1) is 0 Å². The number of ketones is 1. The van der Waals surface area contributed by atoms with Crippen molar-refractivity contribution in [3.8, 4) is 0 Å². The van der Waals surface area contributed by atoms with E-state index in [0.717, 1.165) is 12.8 Å². The molecule has 0 aromatic heterocycles. The van der Waals surface area contributed by atoms with E-state index in [9.17, 15) is 4.79 Å². The average molecular weight is 206 g/mol. The Morgan fingerprint density at radius 1 is 1.13 bits per heavy atom. The van der Waals surface area contributed by atoms with Crippen molar-refractivity contribution in [2.75, 3.05) is 0 Å². The number of Topliss-reactive ketones (excluding diaryl/α,β-unsaturated/α-hetero) is 1. The molecule has 0 aliphatic heterocycles. The molecular formula is C14H22O. The van der Waals surface area contributed by atoms with E-state index < -0.39 is 0 Å². The van der Waals surface area contributed by atoms with E-state index in [1.165, 1.54) is 11.1 Å². The fourth-order valence-corrected chi connectivity index (χ4v) is 1.30. The SMILES string of the molecule is CC.CC(=O)CCCc1ccc(C)cc1. The van der Waals surface area contributed by atoms with Gasteiger partial charge in [0.2, 0.25) is 0 Å². The molecule has 1 aromatic rings. The summed E-state index contributed by atoms with van der Waals surface area (Å²) in [4.78, 5) is 10.7. The molecule has 0 aliphatic carbocycles. The lowest BCUT2D eigenvalue weighted by molar-refractivity contribution is -0.117. The Kier molecular flexibility index (Phi) is 7.61. The molecule has 0 bridgehead atoms. The van der Waals surface area contributed by atoms with Gasteiger partial charge in [-0.1, -0.05) is 43.7 Å². The van der Waals surface area contributed by atoms with Crippen molar-refractivity contribution in [3.05, 3.63) is 35.4 Å². The van der Waals surface area contributed by atoms with E-state index in [1.807, 2.05) is 13.8 Å². The second kappa shape index (κ2) is 8.22. The van der Waals surface area contributed by atoms with Crippen LogP contribution in [0.4, 0.5) is 0 Å². The van der Waals surface area contributed by atoms with Crippen molar-refractivity contribution in [1.82, 2.24) is 0 Å². The summed E-state index contributed by atoms with van der Waals surface area (Å²) in [5.41, 5.74) is 2.61. The molecule has 1 aromatic carbocycles. The molecule has 0 amide bonds. The van der Waals surface area contributed by atoms with Crippen LogP contribution in [0.3, 0.4) is 0 Å². The third kappa shape index (κ3) is 6.89. The molecule has 0 spiro atoms. The van der Waals surface area contributed by atoms with Crippen molar-refractivity contribution in [2.45, 2.75) is 47.0 Å². The van der Waals surface area contributed by atoms with Gasteiger partial charge in [0.25, 0.3) is 0 Å². The quantitative estimate of drug-likeness (QED) is 0.729. The minimum atomic E-state index is 0.284. The maximum Gasteiger partial charge on any atom is 0.129 e. The molecule has 0 saturated heterocycles. The second-order valence-electron chi connectivity index (χ2n) is 3.54. The van der Waals surface area contributed by atoms with Crippen LogP contribution in [0.5, 0.6) is 0 Å². The summed E-state index contributed by atoms with van der Waals surface area (Å²) in [6.07, 6.45) is 2.69. The van der Waals surface area contributed by atoms with Crippen LogP contribution in [0.15, 0.2) is 24.3 Å². The number of benzene rings is 1. The zero-order valence-corrected chi connectivity index (χ0v) is 10.3. The largest absolute Gasteiger partial charge is 0.300 e. The lowest BCUT2D eigenvalue weighted by Gasteiger charge is -2.00. The van der Waals surface area contributed by atoms with Crippen LogP contribution < -0.4 is 0 Å². The Hall–Kier alpha value is -1.11. The highest BCUT2D eigenvalue weighted by Gasteiger charge is 1.95. The lowest BCUT2D eigenvalue weighted by Crippen LogP contribution is -1.92. The topological polar surface area (TPSA) is 17.1 Å². The van der Waals surface area contributed by atoms with Gasteiger partial charge >= 0.3 is 0 Å². The summed E-state index contributed by atoms with van der Waals surface area (Å²) in [6, 6.07) is 8.50. The molecule has 0 radical (unpaired) electrons. The number of carbonyl (C=O) groups is 1. The fraction of sp³-hybridized carbons (Fsp3) is 0.500. The summed E-state index contributed by atoms with van der Waals surface area (Å²) < 4.78 is 0. The smallest absolute Gasteiger partial charge is 0.129 e. The number of rotatable bonds is 4. The minimum Gasteiger partial charge on any atom is -0.300 e. The second-order valence-corrected chi connectivity index (χ2v) is 3.54. The third-order valence-electron chi connectivity index (χ3n) is 2.11. The van der Waals surface area contributed by atoms with Gasteiger partial charge in [-0.15, -0.1) is 0 Å². The number of hydrogen-bond donors (Lipinski definition) is 0. The first kappa shape index (κ1) is 13.9. The van der Waals surface area contributed by atoms with E-state index >= 15 is 0 Å². The molecule has 0 unspecified atom stereocenters. The average Bonchev–Trinajstić information content (AvgIpc) is 2.23. The molecule has 0 heterocycles. The van der Waals surface area contributed by atoms with Gasteiger partial charge in [0, 0.05) is 6.42 Å². The summed E-state index contributed by atoms with van der Waals surface area (Å²) in [7, 11) is 0. The highest BCUT2D eigenvalue weighted by molar-refractivity contribution is 5.75. The van der Waals surface area contributed by atoms with Crippen LogP contribution in [-0.4, -0.2) is 5.78 Å². The molecular weight excluding hydrogens is 184 g/mol.